The van der Waals surface area contributed by atoms with Crippen molar-refractivity contribution in [2.75, 3.05) is 12.0 Å². The highest BCUT2D eigenvalue weighted by atomic mass is 16.5. The highest BCUT2D eigenvalue weighted by molar-refractivity contribution is 6.10. The minimum atomic E-state index is -0.213. The highest BCUT2D eigenvalue weighted by Crippen LogP contribution is 2.16. The van der Waals surface area contributed by atoms with Crippen molar-refractivity contribution < 1.29 is 4.74 Å². The van der Waals surface area contributed by atoms with Gasteiger partial charge >= 0.3 is 0 Å². The summed E-state index contributed by atoms with van der Waals surface area (Å²) in [4.78, 5) is 0. The molecule has 0 radical (unpaired) electrons. The summed E-state index contributed by atoms with van der Waals surface area (Å²) in [7, 11) is 0. The number of rotatable bonds is 5. The first-order chi connectivity index (χ1) is 8.65. The van der Waals surface area contributed by atoms with Crippen LogP contribution in [0.4, 0.5) is 5.69 Å². The summed E-state index contributed by atoms with van der Waals surface area (Å²) in [5, 5.41) is 20.7. The largest absolute Gasteiger partial charge is 0.493 e. The Balaban J connectivity index is 2.59. The van der Waals surface area contributed by atoms with Crippen molar-refractivity contribution in [3.63, 3.8) is 0 Å². The molecule has 18 heavy (non-hydrogen) atoms. The molecule has 0 spiro atoms. The first-order valence-electron chi connectivity index (χ1n) is 5.52. The van der Waals surface area contributed by atoms with Crippen molar-refractivity contribution >= 4 is 11.4 Å². The second-order valence-electron chi connectivity index (χ2n) is 4.03. The molecule has 0 unspecified atom stereocenters. The predicted octanol–water partition coefficient (Wildman–Crippen LogP) is 2.54. The molecule has 5 heteroatoms. The Morgan fingerprint density at radius 2 is 1.89 bits per heavy atom. The average molecular weight is 242 g/mol. The molecule has 0 aliphatic heterocycles. The standard InChI is InChI=1S/C13H14N4O/c1-10(2)9-18-13-5-3-11(4-6-13)16-17-12(7-14)8-15/h3-6,10,16H,9H2,1-2H3. The van der Waals surface area contributed by atoms with E-state index >= 15 is 0 Å². The molecule has 0 fully saturated rings. The van der Waals surface area contributed by atoms with Gasteiger partial charge in [0.1, 0.15) is 17.9 Å². The Labute approximate surface area is 106 Å². The number of benzene rings is 1. The number of hydrazone groups is 1. The molecule has 1 aromatic carbocycles. The molecule has 1 rings (SSSR count). The fourth-order valence-corrected chi connectivity index (χ4v) is 1.08. The third-order valence-corrected chi connectivity index (χ3v) is 1.95. The van der Waals surface area contributed by atoms with Gasteiger partial charge < -0.3 is 4.74 Å². The van der Waals surface area contributed by atoms with Gasteiger partial charge in [0, 0.05) is 0 Å². The molecule has 0 amide bonds. The van der Waals surface area contributed by atoms with E-state index in [2.05, 4.69) is 24.4 Å². The molecule has 92 valence electrons. The van der Waals surface area contributed by atoms with E-state index in [1.54, 1.807) is 36.4 Å². The van der Waals surface area contributed by atoms with E-state index in [1.165, 1.54) is 0 Å². The van der Waals surface area contributed by atoms with Crippen LogP contribution in [-0.2, 0) is 0 Å². The number of nitrogens with one attached hydrogen (secondary N) is 1. The van der Waals surface area contributed by atoms with E-state index in [1.807, 2.05) is 0 Å². The minimum absolute atomic E-state index is 0.213. The zero-order valence-electron chi connectivity index (χ0n) is 10.3. The van der Waals surface area contributed by atoms with E-state index in [0.717, 1.165) is 5.75 Å². The Morgan fingerprint density at radius 1 is 1.28 bits per heavy atom. The van der Waals surface area contributed by atoms with Gasteiger partial charge in [0.2, 0.25) is 5.71 Å². The van der Waals surface area contributed by atoms with Crippen LogP contribution in [0, 0.1) is 28.6 Å². The van der Waals surface area contributed by atoms with E-state index in [0.29, 0.717) is 18.2 Å². The summed E-state index contributed by atoms with van der Waals surface area (Å²) in [6.45, 7) is 4.82. The Hall–Kier alpha value is -2.53. The highest BCUT2D eigenvalue weighted by Gasteiger charge is 1.98. The van der Waals surface area contributed by atoms with Gasteiger partial charge in [-0.3, -0.25) is 5.43 Å². The number of anilines is 1. The molecule has 0 heterocycles. The summed E-state index contributed by atoms with van der Waals surface area (Å²) >= 11 is 0. The molecule has 0 aromatic heterocycles. The molecule has 0 aliphatic carbocycles. The van der Waals surface area contributed by atoms with Crippen LogP contribution in [-0.4, -0.2) is 12.3 Å². The van der Waals surface area contributed by atoms with Crippen LogP contribution in [0.25, 0.3) is 0 Å². The van der Waals surface area contributed by atoms with Crippen molar-refractivity contribution in [1.82, 2.24) is 0 Å². The second-order valence-corrected chi connectivity index (χ2v) is 4.03. The molecular formula is C13H14N4O. The van der Waals surface area contributed by atoms with Gasteiger partial charge in [-0.05, 0) is 30.2 Å². The third-order valence-electron chi connectivity index (χ3n) is 1.95. The maximum Gasteiger partial charge on any atom is 0.237 e. The Kier molecular flexibility index (Phi) is 5.21. The summed E-state index contributed by atoms with van der Waals surface area (Å²) in [6, 6.07) is 10.5. The van der Waals surface area contributed by atoms with Gasteiger partial charge in [-0.1, -0.05) is 13.8 Å². The maximum absolute atomic E-state index is 8.51. The van der Waals surface area contributed by atoms with Crippen LogP contribution in [0.3, 0.4) is 0 Å². The first-order valence-corrected chi connectivity index (χ1v) is 5.52. The van der Waals surface area contributed by atoms with Crippen molar-refractivity contribution in [3.05, 3.63) is 24.3 Å². The molecule has 0 aliphatic rings. The van der Waals surface area contributed by atoms with Crippen LogP contribution < -0.4 is 10.2 Å². The molecule has 0 saturated carbocycles. The second kappa shape index (κ2) is 6.93. The Bertz CT molecular complexity index is 475. The molecule has 1 N–H and O–H groups in total. The average Bonchev–Trinajstić information content (AvgIpc) is 2.39. The molecule has 0 bridgehead atoms. The zero-order valence-corrected chi connectivity index (χ0v) is 10.3. The van der Waals surface area contributed by atoms with Gasteiger partial charge in [0.05, 0.1) is 12.3 Å². The number of nitriles is 2. The fourth-order valence-electron chi connectivity index (χ4n) is 1.08. The molecule has 1 aromatic rings. The fraction of sp³-hybridized carbons (Fsp3) is 0.308. The molecule has 0 atom stereocenters. The van der Waals surface area contributed by atoms with Crippen molar-refractivity contribution in [2.45, 2.75) is 13.8 Å². The van der Waals surface area contributed by atoms with Crippen molar-refractivity contribution in [1.29, 1.82) is 10.5 Å². The van der Waals surface area contributed by atoms with Crippen molar-refractivity contribution in [3.8, 4) is 17.9 Å². The van der Waals surface area contributed by atoms with Gasteiger partial charge in [0.15, 0.2) is 0 Å². The smallest absolute Gasteiger partial charge is 0.237 e. The summed E-state index contributed by atoms with van der Waals surface area (Å²) in [5.41, 5.74) is 3.10. The summed E-state index contributed by atoms with van der Waals surface area (Å²) in [6.07, 6.45) is 0. The number of nitrogens with zero attached hydrogens (tertiary/aromatic N) is 3. The molecule has 5 nitrogen and oxygen atoms in total. The third kappa shape index (κ3) is 4.54. The van der Waals surface area contributed by atoms with E-state index < -0.39 is 0 Å². The zero-order chi connectivity index (χ0) is 13.4. The van der Waals surface area contributed by atoms with E-state index in [-0.39, 0.29) is 5.71 Å². The van der Waals surface area contributed by atoms with Crippen molar-refractivity contribution in [2.24, 2.45) is 11.0 Å². The lowest BCUT2D eigenvalue weighted by molar-refractivity contribution is 0.271. The number of hydrogen-bond donors (Lipinski definition) is 1. The van der Waals surface area contributed by atoms with Crippen LogP contribution in [0.15, 0.2) is 29.4 Å². The summed E-state index contributed by atoms with van der Waals surface area (Å²) in [5.74, 6) is 1.25. The topological polar surface area (TPSA) is 81.2 Å². The molecular weight excluding hydrogens is 228 g/mol. The number of hydrogen-bond acceptors (Lipinski definition) is 5. The van der Waals surface area contributed by atoms with E-state index in [9.17, 15) is 0 Å². The minimum Gasteiger partial charge on any atom is -0.493 e. The lowest BCUT2D eigenvalue weighted by Gasteiger charge is -2.08. The monoisotopic (exact) mass is 242 g/mol. The maximum atomic E-state index is 8.51. The lowest BCUT2D eigenvalue weighted by Crippen LogP contribution is -2.04. The summed E-state index contributed by atoms with van der Waals surface area (Å²) < 4.78 is 5.52. The molecule has 0 saturated heterocycles. The SMILES string of the molecule is CC(C)COc1ccc(NN=C(C#N)C#N)cc1. The lowest BCUT2D eigenvalue weighted by atomic mass is 10.2. The van der Waals surface area contributed by atoms with Crippen LogP contribution in [0.1, 0.15) is 13.8 Å². The van der Waals surface area contributed by atoms with Crippen LogP contribution in [0.5, 0.6) is 5.75 Å². The quantitative estimate of drug-likeness (QED) is 0.635. The van der Waals surface area contributed by atoms with Crippen LogP contribution in [0.2, 0.25) is 0 Å². The van der Waals surface area contributed by atoms with Gasteiger partial charge in [-0.15, -0.1) is 0 Å². The van der Waals surface area contributed by atoms with Gasteiger partial charge in [0.25, 0.3) is 0 Å². The van der Waals surface area contributed by atoms with Gasteiger partial charge in [-0.2, -0.15) is 15.6 Å². The first kappa shape index (κ1) is 13.5. The number of ether oxygens (including phenoxy) is 1. The Morgan fingerprint density at radius 3 is 2.39 bits per heavy atom. The van der Waals surface area contributed by atoms with E-state index in [4.69, 9.17) is 15.3 Å². The normalized spacial score (nSPS) is 9.17. The van der Waals surface area contributed by atoms with Gasteiger partial charge in [-0.25, -0.2) is 0 Å². The van der Waals surface area contributed by atoms with Crippen LogP contribution >= 0.6 is 0 Å². The predicted molar refractivity (Wildman–Crippen MR) is 69.1 cm³/mol.